The quantitative estimate of drug-likeness (QED) is 0.603. The lowest BCUT2D eigenvalue weighted by molar-refractivity contribution is -0.140. The lowest BCUT2D eigenvalue weighted by Gasteiger charge is -2.21. The van der Waals surface area contributed by atoms with Crippen LogP contribution >= 0.6 is 0 Å². The SMILES string of the molecule is CCN(CC)c1ccc(NC(=O)N[C@H](CO)C(=O)O)cc1. The predicted octanol–water partition coefficient (Wildman–Crippen LogP) is 1.10. The maximum absolute atomic E-state index is 11.6. The lowest BCUT2D eigenvalue weighted by atomic mass is 10.2. The van der Waals surface area contributed by atoms with E-state index < -0.39 is 24.6 Å². The average Bonchev–Trinajstić information content (AvgIpc) is 2.47. The van der Waals surface area contributed by atoms with Crippen LogP contribution in [0.1, 0.15) is 13.8 Å². The summed E-state index contributed by atoms with van der Waals surface area (Å²) in [6.45, 7) is 5.23. The number of amides is 2. The highest BCUT2D eigenvalue weighted by molar-refractivity contribution is 5.92. The van der Waals surface area contributed by atoms with Gasteiger partial charge in [-0.15, -0.1) is 0 Å². The number of aliphatic carboxylic acids is 1. The highest BCUT2D eigenvalue weighted by Crippen LogP contribution is 2.17. The first-order valence-electron chi connectivity index (χ1n) is 6.78. The van der Waals surface area contributed by atoms with Crippen LogP contribution in [0.5, 0.6) is 0 Å². The molecule has 0 aliphatic carbocycles. The molecule has 0 spiro atoms. The molecule has 7 heteroatoms. The van der Waals surface area contributed by atoms with Crippen molar-refractivity contribution in [2.24, 2.45) is 0 Å². The van der Waals surface area contributed by atoms with Crippen molar-refractivity contribution in [1.82, 2.24) is 5.32 Å². The molecule has 0 aliphatic rings. The molecule has 0 unspecified atom stereocenters. The second kappa shape index (κ2) is 8.11. The number of aliphatic hydroxyl groups is 1. The first-order chi connectivity index (χ1) is 10.0. The average molecular weight is 295 g/mol. The van der Waals surface area contributed by atoms with E-state index >= 15 is 0 Å². The van der Waals surface area contributed by atoms with E-state index in [-0.39, 0.29) is 0 Å². The van der Waals surface area contributed by atoms with Gasteiger partial charge in [0.1, 0.15) is 0 Å². The summed E-state index contributed by atoms with van der Waals surface area (Å²) in [7, 11) is 0. The summed E-state index contributed by atoms with van der Waals surface area (Å²) in [4.78, 5) is 24.5. The van der Waals surface area contributed by atoms with E-state index in [1.165, 1.54) is 0 Å². The molecule has 1 aromatic carbocycles. The Bertz CT molecular complexity index is 472. The zero-order valence-electron chi connectivity index (χ0n) is 12.2. The summed E-state index contributed by atoms with van der Waals surface area (Å²) in [6, 6.07) is 5.24. The van der Waals surface area contributed by atoms with Crippen LogP contribution in [0.4, 0.5) is 16.2 Å². The van der Waals surface area contributed by atoms with Gasteiger partial charge < -0.3 is 25.7 Å². The maximum Gasteiger partial charge on any atom is 0.328 e. The van der Waals surface area contributed by atoms with Crippen molar-refractivity contribution < 1.29 is 19.8 Å². The fourth-order valence-corrected chi connectivity index (χ4v) is 1.86. The zero-order valence-corrected chi connectivity index (χ0v) is 12.2. The monoisotopic (exact) mass is 295 g/mol. The minimum absolute atomic E-state index is 0.547. The van der Waals surface area contributed by atoms with E-state index in [1.807, 2.05) is 12.1 Å². The van der Waals surface area contributed by atoms with Crippen molar-refractivity contribution in [1.29, 1.82) is 0 Å². The van der Waals surface area contributed by atoms with Gasteiger partial charge in [-0.05, 0) is 38.1 Å². The molecule has 2 amide bonds. The number of carbonyl (C=O) groups excluding carboxylic acids is 1. The number of aliphatic hydroxyl groups excluding tert-OH is 1. The van der Waals surface area contributed by atoms with Crippen molar-refractivity contribution in [2.75, 3.05) is 29.9 Å². The topological polar surface area (TPSA) is 102 Å². The highest BCUT2D eigenvalue weighted by atomic mass is 16.4. The van der Waals surface area contributed by atoms with Crippen LogP contribution in [0.15, 0.2) is 24.3 Å². The molecule has 0 fully saturated rings. The third-order valence-electron chi connectivity index (χ3n) is 3.04. The Morgan fingerprint density at radius 3 is 2.19 bits per heavy atom. The van der Waals surface area contributed by atoms with Gasteiger partial charge >= 0.3 is 12.0 Å². The molecule has 0 bridgehead atoms. The Labute approximate surface area is 123 Å². The van der Waals surface area contributed by atoms with Crippen LogP contribution in [-0.2, 0) is 4.79 Å². The number of benzene rings is 1. The number of hydrogen-bond donors (Lipinski definition) is 4. The molecule has 0 radical (unpaired) electrons. The summed E-state index contributed by atoms with van der Waals surface area (Å²) in [5.74, 6) is -1.29. The number of carbonyl (C=O) groups is 2. The summed E-state index contributed by atoms with van der Waals surface area (Å²) < 4.78 is 0. The largest absolute Gasteiger partial charge is 0.480 e. The first kappa shape index (κ1) is 16.8. The maximum atomic E-state index is 11.6. The van der Waals surface area contributed by atoms with Gasteiger partial charge in [0.2, 0.25) is 0 Å². The van der Waals surface area contributed by atoms with E-state index in [2.05, 4.69) is 29.4 Å². The second-order valence-corrected chi connectivity index (χ2v) is 4.39. The minimum atomic E-state index is -1.32. The number of rotatable bonds is 7. The van der Waals surface area contributed by atoms with Crippen molar-refractivity contribution in [3.05, 3.63) is 24.3 Å². The van der Waals surface area contributed by atoms with E-state index in [1.54, 1.807) is 12.1 Å². The standard InChI is InChI=1S/C14H21N3O4/c1-3-17(4-2)11-7-5-10(6-8-11)15-14(21)16-12(9-18)13(19)20/h5-8,12,18H,3-4,9H2,1-2H3,(H,19,20)(H2,15,16,21)/t12-/m1/s1. The number of anilines is 2. The molecular weight excluding hydrogens is 274 g/mol. The lowest BCUT2D eigenvalue weighted by Crippen LogP contribution is -2.45. The van der Waals surface area contributed by atoms with Crippen LogP contribution in [0.25, 0.3) is 0 Å². The minimum Gasteiger partial charge on any atom is -0.480 e. The summed E-state index contributed by atoms with van der Waals surface area (Å²) in [5.41, 5.74) is 1.59. The molecule has 1 rings (SSSR count). The number of hydrogen-bond acceptors (Lipinski definition) is 4. The molecule has 0 aromatic heterocycles. The molecule has 0 heterocycles. The van der Waals surface area contributed by atoms with E-state index in [9.17, 15) is 9.59 Å². The van der Waals surface area contributed by atoms with Crippen LogP contribution in [0.2, 0.25) is 0 Å². The van der Waals surface area contributed by atoms with Gasteiger partial charge in [0.15, 0.2) is 6.04 Å². The van der Waals surface area contributed by atoms with Crippen LogP contribution in [0, 0.1) is 0 Å². The molecule has 1 aromatic rings. The molecular formula is C14H21N3O4. The van der Waals surface area contributed by atoms with E-state index in [4.69, 9.17) is 10.2 Å². The van der Waals surface area contributed by atoms with Crippen molar-refractivity contribution in [3.8, 4) is 0 Å². The van der Waals surface area contributed by atoms with Gasteiger partial charge in [-0.25, -0.2) is 9.59 Å². The van der Waals surface area contributed by atoms with Crippen LogP contribution < -0.4 is 15.5 Å². The van der Waals surface area contributed by atoms with Crippen LogP contribution in [0.3, 0.4) is 0 Å². The van der Waals surface area contributed by atoms with Gasteiger partial charge in [0.05, 0.1) is 6.61 Å². The van der Waals surface area contributed by atoms with Gasteiger partial charge in [-0.3, -0.25) is 0 Å². The summed E-state index contributed by atoms with van der Waals surface area (Å²) in [5, 5.41) is 22.3. The van der Waals surface area contributed by atoms with Crippen molar-refractivity contribution in [2.45, 2.75) is 19.9 Å². The van der Waals surface area contributed by atoms with Crippen molar-refractivity contribution in [3.63, 3.8) is 0 Å². The molecule has 7 nitrogen and oxygen atoms in total. The fraction of sp³-hybridized carbons (Fsp3) is 0.429. The second-order valence-electron chi connectivity index (χ2n) is 4.39. The van der Waals surface area contributed by atoms with Gasteiger partial charge in [0.25, 0.3) is 0 Å². The van der Waals surface area contributed by atoms with Crippen LogP contribution in [-0.4, -0.2) is 48.0 Å². The molecule has 4 N–H and O–H groups in total. The smallest absolute Gasteiger partial charge is 0.328 e. The highest BCUT2D eigenvalue weighted by Gasteiger charge is 2.18. The molecule has 21 heavy (non-hydrogen) atoms. The third kappa shape index (κ3) is 4.96. The molecule has 0 aliphatic heterocycles. The molecule has 1 atom stereocenters. The Hall–Kier alpha value is -2.28. The Morgan fingerprint density at radius 2 is 1.76 bits per heavy atom. The number of carboxylic acids is 1. The van der Waals surface area contributed by atoms with E-state index in [0.29, 0.717) is 5.69 Å². The molecule has 116 valence electrons. The van der Waals surface area contributed by atoms with Gasteiger partial charge in [-0.1, -0.05) is 0 Å². The predicted molar refractivity (Wildman–Crippen MR) is 80.7 cm³/mol. The number of carboxylic acid groups (broad SMARTS) is 1. The number of urea groups is 1. The van der Waals surface area contributed by atoms with Crippen molar-refractivity contribution >= 4 is 23.4 Å². The van der Waals surface area contributed by atoms with E-state index in [0.717, 1.165) is 18.8 Å². The molecule has 0 saturated heterocycles. The first-order valence-corrected chi connectivity index (χ1v) is 6.78. The molecule has 0 saturated carbocycles. The summed E-state index contributed by atoms with van der Waals surface area (Å²) >= 11 is 0. The zero-order chi connectivity index (χ0) is 15.8. The Morgan fingerprint density at radius 1 is 1.19 bits per heavy atom. The third-order valence-corrected chi connectivity index (χ3v) is 3.04. The van der Waals surface area contributed by atoms with Gasteiger partial charge in [0, 0.05) is 24.5 Å². The number of nitrogens with one attached hydrogen (secondary N) is 2. The normalized spacial score (nSPS) is 11.6. The summed E-state index contributed by atoms with van der Waals surface area (Å²) in [6.07, 6.45) is 0. The van der Waals surface area contributed by atoms with Gasteiger partial charge in [-0.2, -0.15) is 0 Å². The number of nitrogens with zero attached hydrogens (tertiary/aromatic N) is 1. The Balaban J connectivity index is 2.63. The Kier molecular flexibility index (Phi) is 6.48. The fourth-order valence-electron chi connectivity index (χ4n) is 1.86.